The minimum atomic E-state index is -3.87. The van der Waals surface area contributed by atoms with Crippen molar-refractivity contribution < 1.29 is 27.5 Å². The first-order chi connectivity index (χ1) is 19.0. The van der Waals surface area contributed by atoms with Gasteiger partial charge in [-0.15, -0.1) is 11.3 Å². The molecule has 2 aromatic carbocycles. The molecule has 1 aromatic heterocycles. The van der Waals surface area contributed by atoms with E-state index in [0.29, 0.717) is 35.1 Å². The Balaban J connectivity index is 1.53. The second-order valence-electron chi connectivity index (χ2n) is 9.38. The number of esters is 1. The molecule has 0 spiro atoms. The predicted octanol–water partition coefficient (Wildman–Crippen LogP) is 3.54. The maximum atomic E-state index is 13.6. The Morgan fingerprint density at radius 1 is 1.10 bits per heavy atom. The lowest BCUT2D eigenvalue weighted by Gasteiger charge is -2.40. The molecule has 1 aliphatic heterocycles. The number of rotatable bonds is 9. The van der Waals surface area contributed by atoms with Crippen molar-refractivity contribution in [2.24, 2.45) is 0 Å². The highest BCUT2D eigenvalue weighted by Crippen LogP contribution is 2.33. The van der Waals surface area contributed by atoms with Crippen molar-refractivity contribution in [2.45, 2.75) is 16.7 Å². The van der Waals surface area contributed by atoms with Crippen LogP contribution in [0.15, 0.2) is 52.7 Å². The van der Waals surface area contributed by atoms with Crippen LogP contribution in [-0.4, -0.2) is 100 Å². The van der Waals surface area contributed by atoms with Gasteiger partial charge >= 0.3 is 5.97 Å². The molecular formula is C27H31ClN4O6S2. The average Bonchev–Trinajstić information content (AvgIpc) is 3.39. The van der Waals surface area contributed by atoms with Crippen molar-refractivity contribution in [3.63, 3.8) is 0 Å². The van der Waals surface area contributed by atoms with Gasteiger partial charge in [-0.1, -0.05) is 29.8 Å². The van der Waals surface area contributed by atoms with Gasteiger partial charge in [-0.05, 0) is 35.7 Å². The summed E-state index contributed by atoms with van der Waals surface area (Å²) in [5.41, 5.74) is 1.02. The van der Waals surface area contributed by atoms with Crippen LogP contribution >= 0.6 is 22.9 Å². The Bertz CT molecular complexity index is 1510. The smallest absolute Gasteiger partial charge is 0.307 e. The summed E-state index contributed by atoms with van der Waals surface area (Å²) in [6.45, 7) is 1.16. The van der Waals surface area contributed by atoms with Gasteiger partial charge in [0.05, 0.1) is 26.2 Å². The van der Waals surface area contributed by atoms with Crippen molar-refractivity contribution in [2.75, 3.05) is 54.1 Å². The van der Waals surface area contributed by atoms with Crippen LogP contribution < -0.4 is 0 Å². The second kappa shape index (κ2) is 12.6. The van der Waals surface area contributed by atoms with Crippen LogP contribution in [0.3, 0.4) is 0 Å². The van der Waals surface area contributed by atoms with E-state index in [-0.39, 0.29) is 36.2 Å². The fraction of sp³-hybridized carbons (Fsp3) is 0.370. The van der Waals surface area contributed by atoms with Gasteiger partial charge in [0, 0.05) is 61.2 Å². The Kier molecular flexibility index (Phi) is 9.47. The van der Waals surface area contributed by atoms with Crippen LogP contribution in [-0.2, 0) is 24.3 Å². The first kappa shape index (κ1) is 29.9. The number of halogens is 1. The maximum Gasteiger partial charge on any atom is 0.307 e. The highest BCUT2D eigenvalue weighted by Gasteiger charge is 2.38. The quantitative estimate of drug-likeness (QED) is 0.225. The van der Waals surface area contributed by atoms with Crippen LogP contribution in [0, 0.1) is 5.41 Å². The number of carbonyl (C=O) groups is 2. The molecule has 0 aliphatic carbocycles. The first-order valence-corrected chi connectivity index (χ1v) is 15.1. The number of nitrogens with zero attached hydrogens (tertiary/aromatic N) is 3. The zero-order chi connectivity index (χ0) is 29.0. The van der Waals surface area contributed by atoms with Crippen LogP contribution in [0.2, 0.25) is 5.02 Å². The molecule has 40 heavy (non-hydrogen) atoms. The van der Waals surface area contributed by atoms with E-state index < -0.39 is 22.0 Å². The van der Waals surface area contributed by atoms with Gasteiger partial charge in [-0.2, -0.15) is 4.31 Å². The molecule has 1 unspecified atom stereocenters. The average molecular weight is 607 g/mol. The molecule has 2 heterocycles. The van der Waals surface area contributed by atoms with Crippen LogP contribution in [0.5, 0.6) is 0 Å². The normalized spacial score (nSPS) is 16.2. The number of sulfonamides is 1. The van der Waals surface area contributed by atoms with Crippen LogP contribution in [0.4, 0.5) is 0 Å². The molecule has 0 bridgehead atoms. The molecule has 1 atom stereocenters. The number of ether oxygens (including phenoxy) is 2. The summed E-state index contributed by atoms with van der Waals surface area (Å²) < 4.78 is 39.3. The molecule has 1 fully saturated rings. The van der Waals surface area contributed by atoms with Crippen molar-refractivity contribution in [1.82, 2.24) is 14.1 Å². The van der Waals surface area contributed by atoms with Crippen LogP contribution in [0.25, 0.3) is 10.1 Å². The number of hydrogen-bond acceptors (Lipinski definition) is 8. The number of hydrogen-bond donors (Lipinski definition) is 1. The van der Waals surface area contributed by atoms with E-state index in [0.717, 1.165) is 21.4 Å². The molecule has 1 amide bonds. The zero-order valence-corrected chi connectivity index (χ0v) is 24.8. The summed E-state index contributed by atoms with van der Waals surface area (Å²) in [5.74, 6) is -0.573. The summed E-state index contributed by atoms with van der Waals surface area (Å²) >= 11 is 7.20. The van der Waals surface area contributed by atoms with E-state index in [1.54, 1.807) is 67.6 Å². The maximum absolute atomic E-state index is 13.6. The van der Waals surface area contributed by atoms with Gasteiger partial charge in [0.2, 0.25) is 0 Å². The van der Waals surface area contributed by atoms with E-state index in [4.69, 9.17) is 26.5 Å². The lowest BCUT2D eigenvalue weighted by Crippen LogP contribution is -2.57. The fourth-order valence-electron chi connectivity index (χ4n) is 4.49. The Morgan fingerprint density at radius 3 is 2.48 bits per heavy atom. The Labute approximate surface area is 242 Å². The fourth-order valence-corrected chi connectivity index (χ4v) is 7.79. The number of thiophene rings is 1. The van der Waals surface area contributed by atoms with Gasteiger partial charge < -0.3 is 19.3 Å². The number of carbonyl (C=O) groups excluding carboxylic acids is 2. The van der Waals surface area contributed by atoms with Crippen molar-refractivity contribution in [1.29, 1.82) is 5.41 Å². The zero-order valence-electron chi connectivity index (χ0n) is 22.4. The SMILES string of the molecule is COCCN(C)C(=N)c1ccc(C(=O)N2CCN(S(=O)(=O)c3cc4ccc(Cl)cc4s3)CC2CC(=O)OC)cc1. The van der Waals surface area contributed by atoms with Gasteiger partial charge in [0.15, 0.2) is 0 Å². The second-order valence-corrected chi connectivity index (χ2v) is 13.1. The third-order valence-electron chi connectivity index (χ3n) is 6.81. The van der Waals surface area contributed by atoms with Crippen molar-refractivity contribution in [3.8, 4) is 0 Å². The van der Waals surface area contributed by atoms with Gasteiger partial charge in [-0.3, -0.25) is 15.0 Å². The molecule has 214 valence electrons. The van der Waals surface area contributed by atoms with Gasteiger partial charge in [0.25, 0.3) is 15.9 Å². The summed E-state index contributed by atoms with van der Waals surface area (Å²) in [7, 11) is 0.770. The third kappa shape index (κ3) is 6.47. The monoisotopic (exact) mass is 606 g/mol. The number of amides is 1. The molecule has 10 nitrogen and oxygen atoms in total. The minimum absolute atomic E-state index is 0.0504. The first-order valence-electron chi connectivity index (χ1n) is 12.5. The number of amidine groups is 1. The van der Waals surface area contributed by atoms with Gasteiger partial charge in [-0.25, -0.2) is 8.42 Å². The standard InChI is InChI=1S/C27H31ClN4O6S2/c1-30(12-13-37-2)26(29)18-4-6-19(7-5-18)27(34)32-11-10-31(17-22(32)16-24(33)38-3)40(35,36)25-14-20-8-9-21(28)15-23(20)39-25/h4-9,14-15,22,29H,10-13,16-17H2,1-3H3. The summed E-state index contributed by atoms with van der Waals surface area (Å²) in [6, 6.07) is 12.8. The lowest BCUT2D eigenvalue weighted by molar-refractivity contribution is -0.142. The molecule has 3 aromatic rings. The molecule has 1 N–H and O–H groups in total. The van der Waals surface area contributed by atoms with Crippen molar-refractivity contribution in [3.05, 3.63) is 64.7 Å². The largest absolute Gasteiger partial charge is 0.469 e. The highest BCUT2D eigenvalue weighted by atomic mass is 35.5. The molecule has 1 saturated heterocycles. The number of piperazine rings is 1. The predicted molar refractivity (Wildman–Crippen MR) is 155 cm³/mol. The molecule has 4 rings (SSSR count). The van der Waals surface area contributed by atoms with Gasteiger partial charge in [0.1, 0.15) is 10.0 Å². The highest BCUT2D eigenvalue weighted by molar-refractivity contribution is 7.91. The van der Waals surface area contributed by atoms with E-state index in [1.165, 1.54) is 16.3 Å². The van der Waals surface area contributed by atoms with E-state index in [1.807, 2.05) is 0 Å². The van der Waals surface area contributed by atoms with E-state index in [2.05, 4.69) is 0 Å². The number of nitrogens with one attached hydrogen (secondary N) is 1. The number of benzene rings is 2. The third-order valence-corrected chi connectivity index (χ3v) is 10.5. The molecular weight excluding hydrogens is 576 g/mol. The van der Waals surface area contributed by atoms with Crippen molar-refractivity contribution >= 4 is 60.8 Å². The number of likely N-dealkylation sites (N-methyl/N-ethyl adjacent to an activating group) is 1. The summed E-state index contributed by atoms with van der Waals surface area (Å²) in [4.78, 5) is 29.0. The van der Waals surface area contributed by atoms with E-state index >= 15 is 0 Å². The van der Waals surface area contributed by atoms with E-state index in [9.17, 15) is 18.0 Å². The Hall–Kier alpha value is -3.03. The molecule has 0 radical (unpaired) electrons. The van der Waals surface area contributed by atoms with Crippen LogP contribution in [0.1, 0.15) is 22.3 Å². The Morgan fingerprint density at radius 2 is 1.80 bits per heavy atom. The molecule has 1 aliphatic rings. The summed E-state index contributed by atoms with van der Waals surface area (Å²) in [6.07, 6.45) is -0.149. The summed E-state index contributed by atoms with van der Waals surface area (Å²) in [5, 5.41) is 9.66. The topological polar surface area (TPSA) is 120 Å². The minimum Gasteiger partial charge on any atom is -0.469 e. The molecule has 13 heteroatoms. The number of methoxy groups -OCH3 is 2. The molecule has 0 saturated carbocycles. The number of fused-ring (bicyclic) bond motifs is 1. The lowest BCUT2D eigenvalue weighted by atomic mass is 10.1.